The highest BCUT2D eigenvalue weighted by Gasteiger charge is 2.42. The van der Waals surface area contributed by atoms with Crippen molar-refractivity contribution in [2.24, 2.45) is 17.8 Å². The Morgan fingerprint density at radius 3 is 2.50 bits per heavy atom. The number of rotatable bonds is 5. The molecule has 1 aromatic heterocycles. The van der Waals surface area contributed by atoms with Crippen LogP contribution in [-0.2, 0) is 0 Å². The van der Waals surface area contributed by atoms with E-state index in [1.807, 2.05) is 0 Å². The summed E-state index contributed by atoms with van der Waals surface area (Å²) < 4.78 is 0. The number of nitrogens with zero attached hydrogens (tertiary/aromatic N) is 2. The summed E-state index contributed by atoms with van der Waals surface area (Å²) in [5.74, 6) is 0.0169. The average molecular weight is 303 g/mol. The van der Waals surface area contributed by atoms with Gasteiger partial charge < -0.3 is 26.4 Å². The largest absolute Gasteiger partial charge is 0.396 e. The lowest BCUT2D eigenvalue weighted by Gasteiger charge is -2.24. The van der Waals surface area contributed by atoms with Crippen molar-refractivity contribution in [3.05, 3.63) is 11.5 Å². The number of nitrogens with one attached hydrogen (secondary N) is 1. The molecule has 0 saturated heterocycles. The van der Waals surface area contributed by atoms with Crippen LogP contribution in [0.2, 0.25) is 5.15 Å². The molecule has 1 aromatic rings. The Bertz CT molecular complexity index is 462. The zero-order chi connectivity index (χ0) is 14.7. The maximum absolute atomic E-state index is 9.53. The second-order valence-electron chi connectivity index (χ2n) is 5.05. The number of hydrogen-bond acceptors (Lipinski definition) is 7. The maximum Gasteiger partial charge on any atom is 0.157 e. The van der Waals surface area contributed by atoms with Crippen LogP contribution in [0, 0.1) is 17.8 Å². The maximum atomic E-state index is 9.53. The van der Waals surface area contributed by atoms with Crippen LogP contribution in [0.15, 0.2) is 6.33 Å². The van der Waals surface area contributed by atoms with Gasteiger partial charge in [0, 0.05) is 31.8 Å². The highest BCUT2D eigenvalue weighted by molar-refractivity contribution is 6.32. The quantitative estimate of drug-likeness (QED) is 0.474. The lowest BCUT2D eigenvalue weighted by atomic mass is 9.90. The van der Waals surface area contributed by atoms with Gasteiger partial charge in [0.1, 0.15) is 12.0 Å². The van der Waals surface area contributed by atoms with Gasteiger partial charge in [-0.25, -0.2) is 9.97 Å². The van der Waals surface area contributed by atoms with Gasteiger partial charge in [0.15, 0.2) is 11.0 Å². The van der Waals surface area contributed by atoms with Gasteiger partial charge in [0.25, 0.3) is 0 Å². The van der Waals surface area contributed by atoms with E-state index in [0.29, 0.717) is 12.2 Å². The average Bonchev–Trinajstić information content (AvgIpc) is 2.80. The van der Waals surface area contributed by atoms with Crippen LogP contribution in [0.5, 0.6) is 0 Å². The topological polar surface area (TPSA) is 125 Å². The molecule has 1 aliphatic carbocycles. The SMILES string of the molecule is Nc1c(Cl)ncnc1N[C@@H]1C[C@H](CO)[C@H](CO)[C@H]1CO. The molecule has 0 spiro atoms. The number of aliphatic hydroxyl groups is 3. The van der Waals surface area contributed by atoms with Crippen molar-refractivity contribution in [1.82, 2.24) is 9.97 Å². The highest BCUT2D eigenvalue weighted by Crippen LogP contribution is 2.39. The summed E-state index contributed by atoms with van der Waals surface area (Å²) in [5.41, 5.74) is 6.05. The van der Waals surface area contributed by atoms with Gasteiger partial charge in [-0.15, -0.1) is 0 Å². The lowest BCUT2D eigenvalue weighted by molar-refractivity contribution is 0.0913. The molecule has 1 heterocycles. The Balaban J connectivity index is 2.18. The van der Waals surface area contributed by atoms with E-state index in [1.54, 1.807) is 0 Å². The van der Waals surface area contributed by atoms with Gasteiger partial charge in [0.05, 0.1) is 0 Å². The van der Waals surface area contributed by atoms with Crippen molar-refractivity contribution in [2.45, 2.75) is 12.5 Å². The molecule has 0 bridgehead atoms. The van der Waals surface area contributed by atoms with Crippen molar-refractivity contribution in [2.75, 3.05) is 30.9 Å². The van der Waals surface area contributed by atoms with Crippen molar-refractivity contribution in [3.8, 4) is 0 Å². The van der Waals surface area contributed by atoms with Crippen LogP contribution >= 0.6 is 11.6 Å². The van der Waals surface area contributed by atoms with E-state index < -0.39 is 0 Å². The summed E-state index contributed by atoms with van der Waals surface area (Å²) >= 11 is 5.84. The monoisotopic (exact) mass is 302 g/mol. The van der Waals surface area contributed by atoms with Crippen LogP contribution in [0.1, 0.15) is 6.42 Å². The second kappa shape index (κ2) is 6.53. The minimum atomic E-state index is -0.176. The number of aliphatic hydroxyl groups excluding tert-OH is 3. The summed E-state index contributed by atoms with van der Waals surface area (Å²) in [6.07, 6.45) is 1.92. The molecular weight excluding hydrogens is 284 g/mol. The summed E-state index contributed by atoms with van der Waals surface area (Å²) in [4.78, 5) is 7.81. The number of nitrogens with two attached hydrogens (primary N) is 1. The van der Waals surface area contributed by atoms with Gasteiger partial charge >= 0.3 is 0 Å². The standard InChI is InChI=1S/C12H19ClN4O3/c13-11-10(14)12(16-5-15-11)17-9-1-6(2-18)7(3-19)8(9)4-20/h5-9,18-20H,1-4,14H2,(H,15,16,17)/t6-,7+,8-,9-/m1/s1. The molecule has 0 aromatic carbocycles. The van der Waals surface area contributed by atoms with E-state index in [9.17, 15) is 15.3 Å². The van der Waals surface area contributed by atoms with Crippen LogP contribution < -0.4 is 11.1 Å². The van der Waals surface area contributed by atoms with E-state index >= 15 is 0 Å². The summed E-state index contributed by atoms with van der Waals surface area (Å²) in [5, 5.41) is 31.6. The molecule has 20 heavy (non-hydrogen) atoms. The molecule has 7 nitrogen and oxygen atoms in total. The van der Waals surface area contributed by atoms with Crippen LogP contribution in [-0.4, -0.2) is 51.2 Å². The second-order valence-corrected chi connectivity index (χ2v) is 5.41. The summed E-state index contributed by atoms with van der Waals surface area (Å²) in [7, 11) is 0. The van der Waals surface area contributed by atoms with E-state index in [0.717, 1.165) is 0 Å². The Kier molecular flexibility index (Phi) is 4.98. The van der Waals surface area contributed by atoms with Crippen molar-refractivity contribution < 1.29 is 15.3 Å². The fraction of sp³-hybridized carbons (Fsp3) is 0.667. The third kappa shape index (κ3) is 2.80. The first-order valence-corrected chi connectivity index (χ1v) is 6.85. The van der Waals surface area contributed by atoms with E-state index in [1.165, 1.54) is 6.33 Å². The molecule has 0 unspecified atom stereocenters. The zero-order valence-corrected chi connectivity index (χ0v) is 11.7. The smallest absolute Gasteiger partial charge is 0.157 e. The minimum absolute atomic E-state index is 0.0279. The van der Waals surface area contributed by atoms with Gasteiger partial charge in [-0.1, -0.05) is 11.6 Å². The third-order valence-corrected chi connectivity index (χ3v) is 4.34. The van der Waals surface area contributed by atoms with Crippen LogP contribution in [0.3, 0.4) is 0 Å². The fourth-order valence-corrected chi connectivity index (χ4v) is 3.04. The molecule has 1 fully saturated rings. The number of halogens is 1. The molecule has 112 valence electrons. The fourth-order valence-electron chi connectivity index (χ4n) is 2.91. The van der Waals surface area contributed by atoms with Crippen molar-refractivity contribution in [3.63, 3.8) is 0 Å². The molecule has 2 rings (SSSR count). The van der Waals surface area contributed by atoms with E-state index in [4.69, 9.17) is 17.3 Å². The molecule has 6 N–H and O–H groups in total. The summed E-state index contributed by atoms with van der Waals surface area (Å²) in [6, 6.07) is -0.137. The molecule has 0 amide bonds. The van der Waals surface area contributed by atoms with Gasteiger partial charge in [0.2, 0.25) is 0 Å². The zero-order valence-electron chi connectivity index (χ0n) is 10.9. The van der Waals surface area contributed by atoms with Gasteiger partial charge in [-0.2, -0.15) is 0 Å². The number of anilines is 2. The normalized spacial score (nSPS) is 29.6. The molecule has 4 atom stereocenters. The van der Waals surface area contributed by atoms with Gasteiger partial charge in [-0.3, -0.25) is 0 Å². The Morgan fingerprint density at radius 2 is 1.90 bits per heavy atom. The van der Waals surface area contributed by atoms with E-state index in [-0.39, 0.29) is 54.5 Å². The molecule has 1 saturated carbocycles. The molecule has 8 heteroatoms. The van der Waals surface area contributed by atoms with Gasteiger partial charge in [-0.05, 0) is 18.3 Å². The van der Waals surface area contributed by atoms with Crippen molar-refractivity contribution in [1.29, 1.82) is 0 Å². The predicted octanol–water partition coefficient (Wildman–Crippen LogP) is -0.278. The first kappa shape index (κ1) is 15.2. The first-order valence-electron chi connectivity index (χ1n) is 6.47. The molecule has 0 aliphatic heterocycles. The lowest BCUT2D eigenvalue weighted by Crippen LogP contribution is -2.32. The molecular formula is C12H19ClN4O3. The summed E-state index contributed by atoms with van der Waals surface area (Å²) in [6.45, 7) is -0.188. The number of nitrogen functional groups attached to an aromatic ring is 1. The van der Waals surface area contributed by atoms with Crippen LogP contribution in [0.25, 0.3) is 0 Å². The number of hydrogen-bond donors (Lipinski definition) is 5. The minimum Gasteiger partial charge on any atom is -0.396 e. The Labute approximate surface area is 121 Å². The number of aromatic nitrogens is 2. The first-order chi connectivity index (χ1) is 9.62. The Hall–Kier alpha value is -1.15. The molecule has 0 radical (unpaired) electrons. The van der Waals surface area contributed by atoms with Crippen LogP contribution in [0.4, 0.5) is 11.5 Å². The third-order valence-electron chi connectivity index (χ3n) is 4.04. The van der Waals surface area contributed by atoms with Crippen molar-refractivity contribution >= 4 is 23.1 Å². The van der Waals surface area contributed by atoms with E-state index in [2.05, 4.69) is 15.3 Å². The predicted molar refractivity (Wildman–Crippen MR) is 75.2 cm³/mol. The highest BCUT2D eigenvalue weighted by atomic mass is 35.5. The molecule has 1 aliphatic rings. The Morgan fingerprint density at radius 1 is 1.20 bits per heavy atom.